The molecular weight excluding hydrogens is 405 g/mol. The molecule has 2 rings (SSSR count). The van der Waals surface area contributed by atoms with Crippen LogP contribution in [-0.2, 0) is 13.6 Å². The lowest BCUT2D eigenvalue weighted by Gasteiger charge is -2.29. The van der Waals surface area contributed by atoms with Gasteiger partial charge in [0, 0.05) is 11.3 Å². The normalized spacial score (nSPS) is 12.5. The second kappa shape index (κ2) is 11.7. The fraction of sp³-hybridized carbons (Fsp3) is 0.409. The maximum atomic E-state index is 13.9. The maximum absolute atomic E-state index is 13.9. The van der Waals surface area contributed by atoms with E-state index in [0.29, 0.717) is 11.3 Å². The summed E-state index contributed by atoms with van der Waals surface area (Å²) < 4.78 is 25.4. The number of phenols is 1. The van der Waals surface area contributed by atoms with Gasteiger partial charge in [-0.25, -0.2) is 0 Å². The molecule has 0 unspecified atom stereocenters. The third-order valence-corrected chi connectivity index (χ3v) is 6.63. The van der Waals surface area contributed by atoms with Crippen LogP contribution < -0.4 is 10.4 Å². The first kappa shape index (κ1) is 23.9. The van der Waals surface area contributed by atoms with Crippen molar-refractivity contribution in [1.82, 2.24) is 0 Å². The summed E-state index contributed by atoms with van der Waals surface area (Å²) in [5.41, 5.74) is 0.908. The van der Waals surface area contributed by atoms with Crippen molar-refractivity contribution in [1.29, 1.82) is 0 Å². The summed E-state index contributed by atoms with van der Waals surface area (Å²) in [5.74, 6) is -2.30. The number of unbranched alkanes of at least 4 members (excludes halogenated alkanes) is 2. The number of carbonyl (C=O) groups is 1. The highest BCUT2D eigenvalue weighted by molar-refractivity contribution is 7.54. The van der Waals surface area contributed by atoms with E-state index in [4.69, 9.17) is 9.05 Å². The van der Waals surface area contributed by atoms with Gasteiger partial charge in [-0.1, -0.05) is 57.0 Å². The molecule has 0 saturated heterocycles. The first-order valence-electron chi connectivity index (χ1n) is 10.2. The lowest BCUT2D eigenvalue weighted by molar-refractivity contribution is -0.255. The van der Waals surface area contributed by atoms with Crippen molar-refractivity contribution in [3.05, 3.63) is 59.7 Å². The van der Waals surface area contributed by atoms with Crippen LogP contribution in [0.2, 0.25) is 0 Å². The molecule has 1 atom stereocenters. The monoisotopic (exact) mass is 434 g/mol. The van der Waals surface area contributed by atoms with Crippen LogP contribution in [0.3, 0.4) is 0 Å². The molecule has 7 nitrogen and oxygen atoms in total. The Hall–Kier alpha value is -2.34. The molecule has 0 heterocycles. The number of benzene rings is 2. The van der Waals surface area contributed by atoms with E-state index in [1.807, 2.05) is 13.8 Å². The van der Waals surface area contributed by atoms with Gasteiger partial charge in [0.2, 0.25) is 0 Å². The topological polar surface area (TPSA) is 108 Å². The van der Waals surface area contributed by atoms with Crippen molar-refractivity contribution in [2.24, 2.45) is 0 Å². The SMILES string of the molecule is CCCCOP(=O)(OCCCC)[C@H](Nc1ccc(C(=O)[O-])cc1)c1ccccc1O. The number of carboxylic acids is 1. The van der Waals surface area contributed by atoms with Crippen LogP contribution in [0.4, 0.5) is 5.69 Å². The van der Waals surface area contributed by atoms with Gasteiger partial charge in [-0.15, -0.1) is 0 Å². The quantitative estimate of drug-likeness (QED) is 0.348. The van der Waals surface area contributed by atoms with Gasteiger partial charge >= 0.3 is 7.60 Å². The van der Waals surface area contributed by atoms with Crippen LogP contribution in [0.5, 0.6) is 5.75 Å². The Kier molecular flexibility index (Phi) is 9.37. The number of aromatic hydroxyl groups is 1. The number of hydrogen-bond acceptors (Lipinski definition) is 7. The van der Waals surface area contributed by atoms with Gasteiger partial charge in [0.15, 0.2) is 5.78 Å². The number of rotatable bonds is 13. The first-order valence-corrected chi connectivity index (χ1v) is 11.8. The van der Waals surface area contributed by atoms with Crippen LogP contribution in [-0.4, -0.2) is 24.3 Å². The molecule has 8 heteroatoms. The molecule has 2 N–H and O–H groups in total. The lowest BCUT2D eigenvalue weighted by Crippen LogP contribution is -2.22. The first-order chi connectivity index (χ1) is 14.4. The molecule has 0 amide bonds. The number of anilines is 1. The molecule has 30 heavy (non-hydrogen) atoms. The molecule has 0 saturated carbocycles. The number of carbonyl (C=O) groups excluding carboxylic acids is 1. The number of hydrogen-bond donors (Lipinski definition) is 2. The second-order valence-electron chi connectivity index (χ2n) is 6.88. The molecule has 0 aliphatic carbocycles. The number of phenolic OH excluding ortho intramolecular Hbond substituents is 1. The summed E-state index contributed by atoms with van der Waals surface area (Å²) in [5, 5.41) is 24.5. The van der Waals surface area contributed by atoms with Crippen LogP contribution in [0.25, 0.3) is 0 Å². The van der Waals surface area contributed by atoms with E-state index in [0.717, 1.165) is 25.7 Å². The van der Waals surface area contributed by atoms with Crippen molar-refractivity contribution in [2.45, 2.75) is 45.3 Å². The van der Waals surface area contributed by atoms with E-state index in [1.165, 1.54) is 18.2 Å². The molecular formula is C22H29NO6P-. The molecule has 0 bridgehead atoms. The minimum absolute atomic E-state index is 0.0289. The summed E-state index contributed by atoms with van der Waals surface area (Å²) in [6.07, 6.45) is 3.17. The summed E-state index contributed by atoms with van der Waals surface area (Å²) in [6.45, 7) is 4.53. The Morgan fingerprint density at radius 2 is 1.60 bits per heavy atom. The molecule has 2 aromatic carbocycles. The fourth-order valence-electron chi connectivity index (χ4n) is 2.76. The molecule has 0 fully saturated rings. The van der Waals surface area contributed by atoms with Crippen LogP contribution >= 0.6 is 7.60 Å². The summed E-state index contributed by atoms with van der Waals surface area (Å²) in [7, 11) is -3.73. The largest absolute Gasteiger partial charge is 0.545 e. The molecule has 0 aliphatic heterocycles. The molecule has 0 radical (unpaired) electrons. The van der Waals surface area contributed by atoms with Gasteiger partial charge in [0.1, 0.15) is 5.75 Å². The van der Waals surface area contributed by atoms with Gasteiger partial charge < -0.3 is 29.4 Å². The minimum atomic E-state index is -3.73. The van der Waals surface area contributed by atoms with Crippen molar-refractivity contribution >= 4 is 19.3 Å². The van der Waals surface area contributed by atoms with Gasteiger partial charge in [0.05, 0.1) is 19.2 Å². The zero-order valence-corrected chi connectivity index (χ0v) is 18.3. The smallest absolute Gasteiger partial charge is 0.357 e. The van der Waals surface area contributed by atoms with E-state index in [2.05, 4.69) is 5.32 Å². The summed E-state index contributed by atoms with van der Waals surface area (Å²) >= 11 is 0. The summed E-state index contributed by atoms with van der Waals surface area (Å²) in [6, 6.07) is 12.4. The zero-order valence-electron chi connectivity index (χ0n) is 17.4. The third kappa shape index (κ3) is 6.59. The standard InChI is InChI=1S/C22H30NO6P/c1-3-5-15-28-30(27,29-16-6-4-2)21(19-9-7-8-10-20(19)24)23-18-13-11-17(12-14-18)22(25)26/h7-14,21,23-24H,3-6,15-16H2,1-2H3,(H,25,26)/p-1/t21-/m0/s1. The Morgan fingerprint density at radius 3 is 2.10 bits per heavy atom. The highest BCUT2D eigenvalue weighted by atomic mass is 31.2. The molecule has 0 spiro atoms. The molecule has 0 aliphatic rings. The Balaban J connectivity index is 2.41. The Morgan fingerprint density at radius 1 is 1.03 bits per heavy atom. The Labute approximate surface area is 177 Å². The van der Waals surface area contributed by atoms with Crippen molar-refractivity contribution in [2.75, 3.05) is 18.5 Å². The number of carboxylic acid groups (broad SMARTS) is 1. The van der Waals surface area contributed by atoms with Crippen LogP contribution in [0.1, 0.15) is 61.2 Å². The summed E-state index contributed by atoms with van der Waals surface area (Å²) in [4.78, 5) is 11.0. The van der Waals surface area contributed by atoms with Crippen molar-refractivity contribution in [3.63, 3.8) is 0 Å². The van der Waals surface area contributed by atoms with E-state index >= 15 is 0 Å². The number of nitrogens with one attached hydrogen (secondary N) is 1. The highest BCUT2D eigenvalue weighted by Crippen LogP contribution is 2.62. The number of para-hydroxylation sites is 1. The molecule has 0 aromatic heterocycles. The maximum Gasteiger partial charge on any atom is 0.357 e. The van der Waals surface area contributed by atoms with Crippen LogP contribution in [0, 0.1) is 0 Å². The Bertz CT molecular complexity index is 841. The predicted molar refractivity (Wildman–Crippen MR) is 115 cm³/mol. The predicted octanol–water partition coefficient (Wildman–Crippen LogP) is 4.69. The lowest BCUT2D eigenvalue weighted by atomic mass is 10.1. The molecule has 164 valence electrons. The fourth-order valence-corrected chi connectivity index (χ4v) is 4.77. The minimum Gasteiger partial charge on any atom is -0.545 e. The highest BCUT2D eigenvalue weighted by Gasteiger charge is 2.39. The van der Waals surface area contributed by atoms with E-state index < -0.39 is 19.3 Å². The van der Waals surface area contributed by atoms with Crippen LogP contribution in [0.15, 0.2) is 48.5 Å². The van der Waals surface area contributed by atoms with Crippen molar-refractivity contribution in [3.8, 4) is 5.75 Å². The van der Waals surface area contributed by atoms with E-state index in [1.54, 1.807) is 30.3 Å². The van der Waals surface area contributed by atoms with Gasteiger partial charge in [-0.05, 0) is 36.6 Å². The van der Waals surface area contributed by atoms with Gasteiger partial charge in [-0.3, -0.25) is 4.57 Å². The van der Waals surface area contributed by atoms with E-state index in [9.17, 15) is 19.6 Å². The average molecular weight is 434 g/mol. The third-order valence-electron chi connectivity index (χ3n) is 4.51. The zero-order chi connectivity index (χ0) is 22.0. The average Bonchev–Trinajstić information content (AvgIpc) is 2.73. The second-order valence-corrected chi connectivity index (χ2v) is 9.00. The molecule has 2 aromatic rings. The van der Waals surface area contributed by atoms with Crippen molar-refractivity contribution < 1.29 is 28.6 Å². The number of aromatic carboxylic acids is 1. The van der Waals surface area contributed by atoms with Gasteiger partial charge in [0.25, 0.3) is 0 Å². The van der Waals surface area contributed by atoms with Gasteiger partial charge in [-0.2, -0.15) is 0 Å². The van der Waals surface area contributed by atoms with E-state index in [-0.39, 0.29) is 24.5 Å².